The highest BCUT2D eigenvalue weighted by molar-refractivity contribution is 9.10. The van der Waals surface area contributed by atoms with Crippen molar-refractivity contribution >= 4 is 32.5 Å². The summed E-state index contributed by atoms with van der Waals surface area (Å²) in [6.07, 6.45) is 2.75. The molecular weight excluding hydrogens is 278 g/mol. The number of hydrogen-bond acceptors (Lipinski definition) is 3. The fourth-order valence-corrected chi connectivity index (χ4v) is 2.22. The number of fused-ring (bicyclic) bond motifs is 1. The number of pyridine rings is 1. The molecule has 92 valence electrons. The third kappa shape index (κ3) is 2.96. The lowest BCUT2D eigenvalue weighted by Crippen LogP contribution is -2.01. The first kappa shape index (κ1) is 13.9. The fourth-order valence-electron chi connectivity index (χ4n) is 1.88. The van der Waals surface area contributed by atoms with Gasteiger partial charge in [0.2, 0.25) is 0 Å². The van der Waals surface area contributed by atoms with E-state index in [9.17, 15) is 0 Å². The van der Waals surface area contributed by atoms with E-state index >= 15 is 0 Å². The van der Waals surface area contributed by atoms with Crippen molar-refractivity contribution in [3.8, 4) is 0 Å². The second kappa shape index (κ2) is 5.47. The maximum Gasteiger partial charge on any atom is 0.0717 e. The average Bonchev–Trinajstić information content (AvgIpc) is 2.22. The van der Waals surface area contributed by atoms with Crippen LogP contribution in [0.5, 0.6) is 0 Å². The van der Waals surface area contributed by atoms with Crippen LogP contribution < -0.4 is 11.9 Å². The van der Waals surface area contributed by atoms with Crippen molar-refractivity contribution in [1.82, 2.24) is 11.1 Å². The third-order valence-corrected chi connectivity index (χ3v) is 3.08. The number of hydrogen-bond donors (Lipinski definition) is 2. The number of anilines is 1. The Morgan fingerprint density at radius 3 is 2.71 bits per heavy atom. The highest BCUT2D eigenvalue weighted by atomic mass is 79.9. The van der Waals surface area contributed by atoms with Crippen LogP contribution >= 0.6 is 15.9 Å². The second-order valence-corrected chi connectivity index (χ2v) is 5.37. The summed E-state index contributed by atoms with van der Waals surface area (Å²) in [7, 11) is 0. The number of halogens is 1. The van der Waals surface area contributed by atoms with E-state index in [-0.39, 0.29) is 6.15 Å². The summed E-state index contributed by atoms with van der Waals surface area (Å²) in [4.78, 5) is 4.35. The second-order valence-electron chi connectivity index (χ2n) is 4.45. The molecule has 0 fully saturated rings. The molecule has 1 aromatic carbocycles. The Morgan fingerprint density at radius 2 is 2.06 bits per heavy atom. The van der Waals surface area contributed by atoms with Gasteiger partial charge < -0.3 is 11.9 Å². The molecule has 0 saturated heterocycles. The first-order valence-corrected chi connectivity index (χ1v) is 6.20. The van der Waals surface area contributed by atoms with E-state index in [0.29, 0.717) is 5.92 Å². The standard InChI is InChI=1S/C13H15BrN2.H3N/c1-8(2)5-11-10-4-3-9(14)6-13(10)16-7-12(11)15;/h3-4,6-8H,5,15H2,1-2H3;1H3. The van der Waals surface area contributed by atoms with Crippen molar-refractivity contribution in [3.63, 3.8) is 0 Å². The summed E-state index contributed by atoms with van der Waals surface area (Å²) >= 11 is 3.46. The summed E-state index contributed by atoms with van der Waals surface area (Å²) in [5.41, 5.74) is 9.01. The SMILES string of the molecule is CC(C)Cc1c(N)cnc2cc(Br)ccc12.N. The molecule has 0 aliphatic carbocycles. The summed E-state index contributed by atoms with van der Waals surface area (Å²) < 4.78 is 1.05. The molecule has 2 rings (SSSR count). The molecule has 2 aromatic rings. The zero-order valence-electron chi connectivity index (χ0n) is 10.2. The number of nitrogens with two attached hydrogens (primary N) is 1. The first-order valence-electron chi connectivity index (χ1n) is 5.40. The minimum Gasteiger partial charge on any atom is -0.397 e. The number of aromatic nitrogens is 1. The van der Waals surface area contributed by atoms with Gasteiger partial charge in [0.1, 0.15) is 0 Å². The van der Waals surface area contributed by atoms with Gasteiger partial charge in [-0.25, -0.2) is 0 Å². The number of nitrogen functional groups attached to an aromatic ring is 1. The van der Waals surface area contributed by atoms with E-state index < -0.39 is 0 Å². The van der Waals surface area contributed by atoms with Crippen LogP contribution in [0, 0.1) is 5.92 Å². The largest absolute Gasteiger partial charge is 0.397 e. The fraction of sp³-hybridized carbons (Fsp3) is 0.308. The zero-order valence-corrected chi connectivity index (χ0v) is 11.8. The van der Waals surface area contributed by atoms with E-state index in [2.05, 4.69) is 40.8 Å². The Hall–Kier alpha value is -1.13. The predicted octanol–water partition coefficient (Wildman–Crippen LogP) is 3.94. The summed E-state index contributed by atoms with van der Waals surface area (Å²) in [6, 6.07) is 6.15. The smallest absolute Gasteiger partial charge is 0.0717 e. The molecule has 17 heavy (non-hydrogen) atoms. The Kier molecular flexibility index (Phi) is 4.48. The lowest BCUT2D eigenvalue weighted by Gasteiger charge is -2.11. The topological polar surface area (TPSA) is 73.9 Å². The minimum atomic E-state index is 0. The van der Waals surface area contributed by atoms with E-state index in [1.807, 2.05) is 12.1 Å². The van der Waals surface area contributed by atoms with Crippen molar-refractivity contribution in [2.75, 3.05) is 5.73 Å². The van der Waals surface area contributed by atoms with E-state index in [0.717, 1.165) is 27.5 Å². The zero-order chi connectivity index (χ0) is 11.7. The Bertz CT molecular complexity index is 523. The van der Waals surface area contributed by atoms with Gasteiger partial charge in [-0.3, -0.25) is 4.98 Å². The Labute approximate surface area is 110 Å². The quantitative estimate of drug-likeness (QED) is 0.881. The number of rotatable bonds is 2. The maximum absolute atomic E-state index is 6.00. The first-order chi connectivity index (χ1) is 7.58. The van der Waals surface area contributed by atoms with Gasteiger partial charge in [0, 0.05) is 9.86 Å². The highest BCUT2D eigenvalue weighted by Crippen LogP contribution is 2.27. The van der Waals surface area contributed by atoms with Crippen LogP contribution in [0.4, 0.5) is 5.69 Å². The highest BCUT2D eigenvalue weighted by Gasteiger charge is 2.08. The molecule has 0 atom stereocenters. The van der Waals surface area contributed by atoms with Gasteiger partial charge in [-0.2, -0.15) is 0 Å². The van der Waals surface area contributed by atoms with Gasteiger partial charge in [-0.1, -0.05) is 35.8 Å². The average molecular weight is 296 g/mol. The van der Waals surface area contributed by atoms with Crippen molar-refractivity contribution in [1.29, 1.82) is 0 Å². The van der Waals surface area contributed by atoms with Crippen molar-refractivity contribution in [2.45, 2.75) is 20.3 Å². The predicted molar refractivity (Wildman–Crippen MR) is 77.4 cm³/mol. The van der Waals surface area contributed by atoms with Crippen LogP contribution in [0.3, 0.4) is 0 Å². The molecule has 5 N–H and O–H groups in total. The van der Waals surface area contributed by atoms with Crippen molar-refractivity contribution in [2.24, 2.45) is 5.92 Å². The van der Waals surface area contributed by atoms with Crippen LogP contribution in [0.2, 0.25) is 0 Å². The van der Waals surface area contributed by atoms with Crippen LogP contribution in [-0.4, -0.2) is 4.98 Å². The van der Waals surface area contributed by atoms with E-state index in [4.69, 9.17) is 5.73 Å². The molecule has 0 unspecified atom stereocenters. The Morgan fingerprint density at radius 1 is 1.35 bits per heavy atom. The molecule has 0 radical (unpaired) electrons. The summed E-state index contributed by atoms with van der Waals surface area (Å²) in [5.74, 6) is 0.594. The monoisotopic (exact) mass is 295 g/mol. The Balaban J connectivity index is 0.00000144. The molecule has 0 bridgehead atoms. The van der Waals surface area contributed by atoms with Crippen LogP contribution in [0.15, 0.2) is 28.9 Å². The number of benzene rings is 1. The van der Waals surface area contributed by atoms with E-state index in [1.54, 1.807) is 6.20 Å². The molecule has 1 aromatic heterocycles. The van der Waals surface area contributed by atoms with E-state index in [1.165, 1.54) is 5.56 Å². The molecule has 0 spiro atoms. The molecule has 4 heteroatoms. The lowest BCUT2D eigenvalue weighted by atomic mass is 9.98. The number of nitrogens with zero attached hydrogens (tertiary/aromatic N) is 1. The molecule has 0 aliphatic heterocycles. The van der Waals surface area contributed by atoms with Gasteiger partial charge in [-0.05, 0) is 30.0 Å². The van der Waals surface area contributed by atoms with Crippen LogP contribution in [0.1, 0.15) is 19.4 Å². The van der Waals surface area contributed by atoms with Gasteiger partial charge in [0.15, 0.2) is 0 Å². The van der Waals surface area contributed by atoms with Crippen molar-refractivity contribution < 1.29 is 0 Å². The molecular formula is C13H18BrN3. The van der Waals surface area contributed by atoms with Crippen LogP contribution in [-0.2, 0) is 6.42 Å². The van der Waals surface area contributed by atoms with Crippen LogP contribution in [0.25, 0.3) is 10.9 Å². The molecule has 0 saturated carbocycles. The van der Waals surface area contributed by atoms with Crippen molar-refractivity contribution in [3.05, 3.63) is 34.4 Å². The summed E-state index contributed by atoms with van der Waals surface area (Å²) in [5, 5.41) is 1.16. The maximum atomic E-state index is 6.00. The van der Waals surface area contributed by atoms with Gasteiger partial charge in [0.05, 0.1) is 17.4 Å². The molecule has 0 amide bonds. The molecule has 1 heterocycles. The molecule has 3 nitrogen and oxygen atoms in total. The molecule has 0 aliphatic rings. The minimum absolute atomic E-state index is 0. The summed E-state index contributed by atoms with van der Waals surface area (Å²) in [6.45, 7) is 4.40. The van der Waals surface area contributed by atoms with Gasteiger partial charge in [-0.15, -0.1) is 0 Å². The third-order valence-electron chi connectivity index (χ3n) is 2.59. The van der Waals surface area contributed by atoms with Gasteiger partial charge in [0.25, 0.3) is 0 Å². The lowest BCUT2D eigenvalue weighted by molar-refractivity contribution is 0.651. The normalized spacial score (nSPS) is 10.6. The van der Waals surface area contributed by atoms with Gasteiger partial charge >= 0.3 is 0 Å².